The van der Waals surface area contributed by atoms with Gasteiger partial charge in [-0.2, -0.15) is 0 Å². The molecule has 0 bridgehead atoms. The van der Waals surface area contributed by atoms with Gasteiger partial charge in [-0.15, -0.1) is 0 Å². The highest BCUT2D eigenvalue weighted by molar-refractivity contribution is 5.80. The van der Waals surface area contributed by atoms with Gasteiger partial charge < -0.3 is 20.3 Å². The van der Waals surface area contributed by atoms with E-state index in [1.54, 1.807) is 6.07 Å². The minimum Gasteiger partial charge on any atom is -0.494 e. The first kappa shape index (κ1) is 20.7. The molecule has 0 saturated heterocycles. The van der Waals surface area contributed by atoms with E-state index in [0.717, 1.165) is 12.1 Å². The van der Waals surface area contributed by atoms with Gasteiger partial charge >= 0.3 is 0 Å². The van der Waals surface area contributed by atoms with Crippen molar-refractivity contribution in [1.29, 1.82) is 0 Å². The molecule has 0 unspecified atom stereocenters. The number of aliphatic imine (C=N–C) groups is 1. The Morgan fingerprint density at radius 2 is 2.08 bits per heavy atom. The maximum absolute atomic E-state index is 13.8. The van der Waals surface area contributed by atoms with Crippen molar-refractivity contribution in [3.05, 3.63) is 29.6 Å². The third-order valence-electron chi connectivity index (χ3n) is 3.53. The molecule has 0 heterocycles. The Labute approximate surface area is 149 Å². The highest BCUT2D eigenvalue weighted by Gasteiger charge is 2.10. The van der Waals surface area contributed by atoms with Crippen LogP contribution >= 0.6 is 0 Å². The summed E-state index contributed by atoms with van der Waals surface area (Å²) in [5.74, 6) is 0.532. The average molecular weight is 352 g/mol. The molecule has 2 N–H and O–H groups in total. The third kappa shape index (κ3) is 6.99. The normalized spacial score (nSPS) is 11.4. The van der Waals surface area contributed by atoms with Crippen LogP contribution in [-0.4, -0.2) is 50.6 Å². The summed E-state index contributed by atoms with van der Waals surface area (Å²) in [4.78, 5) is 17.9. The largest absolute Gasteiger partial charge is 0.494 e. The molecule has 0 aliphatic rings. The number of hydrogen-bond acceptors (Lipinski definition) is 3. The lowest BCUT2D eigenvalue weighted by molar-refractivity contribution is -0.123. The molecule has 0 spiro atoms. The van der Waals surface area contributed by atoms with Gasteiger partial charge in [0.15, 0.2) is 17.5 Å². The molecule has 1 aromatic rings. The quantitative estimate of drug-likeness (QED) is 0.427. The summed E-state index contributed by atoms with van der Waals surface area (Å²) in [6.07, 6.45) is 0. The summed E-state index contributed by atoms with van der Waals surface area (Å²) in [6.45, 7) is 7.87. The second kappa shape index (κ2) is 10.5. The standard InChI is InChI=1S/C18H29FN4O2/c1-6-20-18(22-10-9-21-17(24)13(2)3)23(4)12-14-7-8-16(25-5)15(19)11-14/h7-8,11,13H,6,9-10,12H2,1-5H3,(H,20,22)(H,21,24). The number of guanidine groups is 1. The summed E-state index contributed by atoms with van der Waals surface area (Å²) in [6, 6.07) is 4.90. The van der Waals surface area contributed by atoms with Crippen LogP contribution in [0.2, 0.25) is 0 Å². The van der Waals surface area contributed by atoms with Gasteiger partial charge in [-0.1, -0.05) is 19.9 Å². The number of methoxy groups -OCH3 is 1. The Morgan fingerprint density at radius 3 is 2.64 bits per heavy atom. The molecule has 25 heavy (non-hydrogen) atoms. The van der Waals surface area contributed by atoms with Gasteiger partial charge in [0.25, 0.3) is 0 Å². The number of benzene rings is 1. The highest BCUT2D eigenvalue weighted by atomic mass is 19.1. The smallest absolute Gasteiger partial charge is 0.222 e. The van der Waals surface area contributed by atoms with Crippen LogP contribution in [0.5, 0.6) is 5.75 Å². The second-order valence-corrected chi connectivity index (χ2v) is 6.01. The van der Waals surface area contributed by atoms with Crippen molar-refractivity contribution in [2.24, 2.45) is 10.9 Å². The van der Waals surface area contributed by atoms with Crippen molar-refractivity contribution in [3.63, 3.8) is 0 Å². The van der Waals surface area contributed by atoms with Gasteiger partial charge in [0.2, 0.25) is 5.91 Å². The Balaban J connectivity index is 2.65. The highest BCUT2D eigenvalue weighted by Crippen LogP contribution is 2.18. The van der Waals surface area contributed by atoms with Gasteiger partial charge in [0, 0.05) is 32.6 Å². The summed E-state index contributed by atoms with van der Waals surface area (Å²) in [5.41, 5.74) is 0.819. The number of ether oxygens (including phenoxy) is 1. The van der Waals surface area contributed by atoms with Gasteiger partial charge in [-0.3, -0.25) is 9.79 Å². The SMILES string of the molecule is CCNC(=NCCNC(=O)C(C)C)N(C)Cc1ccc(OC)c(F)c1. The van der Waals surface area contributed by atoms with Crippen molar-refractivity contribution in [1.82, 2.24) is 15.5 Å². The maximum atomic E-state index is 13.8. The van der Waals surface area contributed by atoms with Crippen LogP contribution < -0.4 is 15.4 Å². The number of amides is 1. The molecule has 0 radical (unpaired) electrons. The van der Waals surface area contributed by atoms with Gasteiger partial charge in [0.1, 0.15) is 0 Å². The van der Waals surface area contributed by atoms with E-state index in [1.165, 1.54) is 13.2 Å². The molecule has 7 heteroatoms. The van der Waals surface area contributed by atoms with E-state index < -0.39 is 0 Å². The number of carbonyl (C=O) groups excluding carboxylic acids is 1. The molecule has 0 aliphatic carbocycles. The van der Waals surface area contributed by atoms with Gasteiger partial charge in [0.05, 0.1) is 13.7 Å². The number of halogens is 1. The van der Waals surface area contributed by atoms with E-state index in [-0.39, 0.29) is 23.4 Å². The fraction of sp³-hybridized carbons (Fsp3) is 0.556. The van der Waals surface area contributed by atoms with Crippen LogP contribution in [0.1, 0.15) is 26.3 Å². The topological polar surface area (TPSA) is 66.0 Å². The predicted octanol–water partition coefficient (Wildman–Crippen LogP) is 2.00. The van der Waals surface area contributed by atoms with Gasteiger partial charge in [-0.05, 0) is 24.6 Å². The first-order chi connectivity index (χ1) is 11.9. The van der Waals surface area contributed by atoms with E-state index in [0.29, 0.717) is 25.6 Å². The Kier molecular flexibility index (Phi) is 8.74. The van der Waals surface area contributed by atoms with E-state index in [1.807, 2.05) is 38.8 Å². The van der Waals surface area contributed by atoms with Gasteiger partial charge in [-0.25, -0.2) is 4.39 Å². The molecule has 6 nitrogen and oxygen atoms in total. The van der Waals surface area contributed by atoms with Crippen molar-refractivity contribution in [3.8, 4) is 5.75 Å². The summed E-state index contributed by atoms with van der Waals surface area (Å²) in [5, 5.41) is 6.03. The molecular formula is C18H29FN4O2. The number of nitrogens with one attached hydrogen (secondary N) is 2. The second-order valence-electron chi connectivity index (χ2n) is 6.01. The minimum atomic E-state index is -0.383. The van der Waals surface area contributed by atoms with Crippen LogP contribution in [0, 0.1) is 11.7 Å². The third-order valence-corrected chi connectivity index (χ3v) is 3.53. The zero-order chi connectivity index (χ0) is 18.8. The molecule has 1 aromatic carbocycles. The number of rotatable bonds is 8. The summed E-state index contributed by atoms with van der Waals surface area (Å²) >= 11 is 0. The lowest BCUT2D eigenvalue weighted by atomic mass is 10.2. The average Bonchev–Trinajstić information content (AvgIpc) is 2.57. The zero-order valence-electron chi connectivity index (χ0n) is 15.7. The Hall–Kier alpha value is -2.31. The fourth-order valence-electron chi connectivity index (χ4n) is 2.17. The first-order valence-corrected chi connectivity index (χ1v) is 8.48. The number of hydrogen-bond donors (Lipinski definition) is 2. The van der Waals surface area contributed by atoms with Crippen LogP contribution in [-0.2, 0) is 11.3 Å². The van der Waals surface area contributed by atoms with Crippen molar-refractivity contribution >= 4 is 11.9 Å². The van der Waals surface area contributed by atoms with E-state index in [9.17, 15) is 9.18 Å². The van der Waals surface area contributed by atoms with Crippen LogP contribution in [0.15, 0.2) is 23.2 Å². The molecule has 0 atom stereocenters. The summed E-state index contributed by atoms with van der Waals surface area (Å²) in [7, 11) is 3.33. The van der Waals surface area contributed by atoms with Crippen LogP contribution in [0.4, 0.5) is 4.39 Å². The van der Waals surface area contributed by atoms with E-state index >= 15 is 0 Å². The maximum Gasteiger partial charge on any atom is 0.222 e. The molecular weight excluding hydrogens is 323 g/mol. The molecule has 0 saturated carbocycles. The lowest BCUT2D eigenvalue weighted by Gasteiger charge is -2.22. The molecule has 1 rings (SSSR count). The Bertz CT molecular complexity index is 590. The monoisotopic (exact) mass is 352 g/mol. The molecule has 0 aliphatic heterocycles. The van der Waals surface area contributed by atoms with E-state index in [2.05, 4.69) is 15.6 Å². The van der Waals surface area contributed by atoms with Crippen LogP contribution in [0.3, 0.4) is 0 Å². The van der Waals surface area contributed by atoms with Crippen LogP contribution in [0.25, 0.3) is 0 Å². The number of nitrogens with zero attached hydrogens (tertiary/aromatic N) is 2. The summed E-state index contributed by atoms with van der Waals surface area (Å²) < 4.78 is 18.7. The first-order valence-electron chi connectivity index (χ1n) is 8.48. The molecule has 1 amide bonds. The van der Waals surface area contributed by atoms with Crippen molar-refractivity contribution in [2.45, 2.75) is 27.3 Å². The number of carbonyl (C=O) groups is 1. The van der Waals surface area contributed by atoms with Crippen molar-refractivity contribution in [2.75, 3.05) is 33.8 Å². The Morgan fingerprint density at radius 1 is 1.36 bits per heavy atom. The minimum absolute atomic E-state index is 0.0160. The predicted molar refractivity (Wildman–Crippen MR) is 98.2 cm³/mol. The van der Waals surface area contributed by atoms with Crippen molar-refractivity contribution < 1.29 is 13.9 Å². The van der Waals surface area contributed by atoms with E-state index in [4.69, 9.17) is 4.74 Å². The molecule has 140 valence electrons. The lowest BCUT2D eigenvalue weighted by Crippen LogP contribution is -2.39. The zero-order valence-corrected chi connectivity index (χ0v) is 15.7. The fourth-order valence-corrected chi connectivity index (χ4v) is 2.17. The molecule has 0 fully saturated rings. The molecule has 0 aromatic heterocycles.